The average molecular weight is 347 g/mol. The molecule has 0 fully saturated rings. The maximum atomic E-state index is 9.16. The van der Waals surface area contributed by atoms with Gasteiger partial charge in [-0.1, -0.05) is 39.8 Å². The van der Waals surface area contributed by atoms with Crippen molar-refractivity contribution in [3.05, 3.63) is 52.5 Å². The van der Waals surface area contributed by atoms with Crippen molar-refractivity contribution in [1.82, 2.24) is 4.98 Å². The van der Waals surface area contributed by atoms with Gasteiger partial charge < -0.3 is 0 Å². The summed E-state index contributed by atoms with van der Waals surface area (Å²) in [5, 5.41) is 9.16. The zero-order chi connectivity index (χ0) is 13.2. The van der Waals surface area contributed by atoms with Crippen LogP contribution in [0, 0.1) is 11.3 Å². The SMILES string of the molecule is N#Cc1cc(Br)ccc1Sc1nc2ccccc2s1. The standard InChI is InChI=1S/C14H7BrN2S2/c15-10-5-6-12(9(7-10)8-16)18-14-17-11-3-1-2-4-13(11)19-14/h1-7H. The van der Waals surface area contributed by atoms with Crippen molar-refractivity contribution in [2.75, 3.05) is 0 Å². The number of hydrogen-bond donors (Lipinski definition) is 0. The van der Waals surface area contributed by atoms with Gasteiger partial charge in [0.25, 0.3) is 0 Å². The molecular formula is C14H7BrN2S2. The number of hydrogen-bond acceptors (Lipinski definition) is 4. The molecular weight excluding hydrogens is 340 g/mol. The molecule has 92 valence electrons. The van der Waals surface area contributed by atoms with Gasteiger partial charge in [-0.05, 0) is 30.3 Å². The van der Waals surface area contributed by atoms with E-state index in [1.807, 2.05) is 36.4 Å². The van der Waals surface area contributed by atoms with E-state index in [-0.39, 0.29) is 0 Å². The molecule has 0 spiro atoms. The molecule has 0 amide bonds. The molecule has 3 aromatic rings. The van der Waals surface area contributed by atoms with Crippen LogP contribution in [-0.4, -0.2) is 4.98 Å². The summed E-state index contributed by atoms with van der Waals surface area (Å²) in [4.78, 5) is 5.50. The summed E-state index contributed by atoms with van der Waals surface area (Å²) < 4.78 is 3.04. The molecule has 2 nitrogen and oxygen atoms in total. The van der Waals surface area contributed by atoms with Gasteiger partial charge in [-0.15, -0.1) is 11.3 Å². The number of nitrogens with zero attached hydrogens (tertiary/aromatic N) is 2. The van der Waals surface area contributed by atoms with Crippen molar-refractivity contribution in [3.63, 3.8) is 0 Å². The van der Waals surface area contributed by atoms with Crippen LogP contribution in [0.3, 0.4) is 0 Å². The van der Waals surface area contributed by atoms with Crippen LogP contribution in [0.15, 0.2) is 56.2 Å². The second-order valence-corrected chi connectivity index (χ2v) is 7.04. The van der Waals surface area contributed by atoms with Crippen LogP contribution < -0.4 is 0 Å². The van der Waals surface area contributed by atoms with Gasteiger partial charge in [-0.3, -0.25) is 0 Å². The minimum absolute atomic E-state index is 0.665. The fourth-order valence-corrected chi connectivity index (χ4v) is 4.11. The summed E-state index contributed by atoms with van der Waals surface area (Å²) in [6, 6.07) is 16.0. The van der Waals surface area contributed by atoms with Crippen LogP contribution in [0.4, 0.5) is 0 Å². The van der Waals surface area contributed by atoms with E-state index in [1.54, 1.807) is 11.3 Å². The summed E-state index contributed by atoms with van der Waals surface area (Å²) >= 11 is 6.56. The summed E-state index contributed by atoms with van der Waals surface area (Å²) in [6.45, 7) is 0. The van der Waals surface area contributed by atoms with Crippen molar-refractivity contribution >= 4 is 49.2 Å². The normalized spacial score (nSPS) is 10.5. The lowest BCUT2D eigenvalue weighted by molar-refractivity contribution is 1.28. The lowest BCUT2D eigenvalue weighted by Crippen LogP contribution is -1.81. The number of para-hydroxylation sites is 1. The zero-order valence-corrected chi connectivity index (χ0v) is 12.8. The second kappa shape index (κ2) is 5.33. The Morgan fingerprint density at radius 3 is 2.84 bits per heavy atom. The summed E-state index contributed by atoms with van der Waals surface area (Å²) in [5.74, 6) is 0. The van der Waals surface area contributed by atoms with Crippen LogP contribution in [0.2, 0.25) is 0 Å². The third kappa shape index (κ3) is 2.66. The molecule has 0 aliphatic rings. The first-order chi connectivity index (χ1) is 9.26. The first-order valence-electron chi connectivity index (χ1n) is 5.49. The molecule has 1 aromatic heterocycles. The first-order valence-corrected chi connectivity index (χ1v) is 7.92. The molecule has 3 rings (SSSR count). The van der Waals surface area contributed by atoms with E-state index in [9.17, 15) is 0 Å². The Kier molecular flexibility index (Phi) is 3.56. The second-order valence-electron chi connectivity index (χ2n) is 3.80. The van der Waals surface area contributed by atoms with E-state index >= 15 is 0 Å². The van der Waals surface area contributed by atoms with Crippen LogP contribution >= 0.6 is 39.0 Å². The summed E-state index contributed by atoms with van der Waals surface area (Å²) in [5.41, 5.74) is 1.67. The molecule has 19 heavy (non-hydrogen) atoms. The number of aromatic nitrogens is 1. The highest BCUT2D eigenvalue weighted by Crippen LogP contribution is 2.36. The van der Waals surface area contributed by atoms with E-state index in [2.05, 4.69) is 33.0 Å². The maximum absolute atomic E-state index is 9.16. The Labute approximate surface area is 127 Å². The van der Waals surface area contributed by atoms with E-state index in [0.717, 1.165) is 19.2 Å². The van der Waals surface area contributed by atoms with Crippen LogP contribution in [0.1, 0.15) is 5.56 Å². The Morgan fingerprint density at radius 2 is 2.05 bits per heavy atom. The minimum Gasteiger partial charge on any atom is -0.229 e. The molecule has 0 atom stereocenters. The molecule has 0 radical (unpaired) electrons. The Balaban J connectivity index is 1.99. The third-order valence-electron chi connectivity index (χ3n) is 2.53. The molecule has 0 aliphatic carbocycles. The van der Waals surface area contributed by atoms with Crippen molar-refractivity contribution in [2.24, 2.45) is 0 Å². The number of fused-ring (bicyclic) bond motifs is 1. The third-order valence-corrected chi connectivity index (χ3v) is 5.20. The van der Waals surface area contributed by atoms with E-state index in [4.69, 9.17) is 5.26 Å². The van der Waals surface area contributed by atoms with Gasteiger partial charge in [0.1, 0.15) is 6.07 Å². The minimum atomic E-state index is 0.665. The lowest BCUT2D eigenvalue weighted by Gasteiger charge is -2.00. The van der Waals surface area contributed by atoms with E-state index in [1.165, 1.54) is 16.5 Å². The summed E-state index contributed by atoms with van der Waals surface area (Å²) in [6.07, 6.45) is 0. The highest BCUT2D eigenvalue weighted by atomic mass is 79.9. The predicted molar refractivity (Wildman–Crippen MR) is 82.6 cm³/mol. The predicted octanol–water partition coefficient (Wildman–Crippen LogP) is 5.08. The summed E-state index contributed by atoms with van der Waals surface area (Å²) in [7, 11) is 0. The highest BCUT2D eigenvalue weighted by Gasteiger charge is 2.09. The lowest BCUT2D eigenvalue weighted by atomic mass is 10.2. The molecule has 0 N–H and O–H groups in total. The molecule has 0 bridgehead atoms. The van der Waals surface area contributed by atoms with E-state index < -0.39 is 0 Å². The molecule has 1 heterocycles. The van der Waals surface area contributed by atoms with Crippen LogP contribution in [-0.2, 0) is 0 Å². The highest BCUT2D eigenvalue weighted by molar-refractivity contribution is 9.10. The van der Waals surface area contributed by atoms with Gasteiger partial charge in [-0.25, -0.2) is 4.98 Å². The van der Waals surface area contributed by atoms with Crippen molar-refractivity contribution in [3.8, 4) is 6.07 Å². The van der Waals surface area contributed by atoms with Gasteiger partial charge in [-0.2, -0.15) is 5.26 Å². The van der Waals surface area contributed by atoms with Crippen LogP contribution in [0.5, 0.6) is 0 Å². The average Bonchev–Trinajstić information content (AvgIpc) is 2.83. The maximum Gasteiger partial charge on any atom is 0.155 e. The van der Waals surface area contributed by atoms with Gasteiger partial charge in [0.15, 0.2) is 4.34 Å². The van der Waals surface area contributed by atoms with Gasteiger partial charge in [0.05, 0.1) is 15.8 Å². The Morgan fingerprint density at radius 1 is 1.21 bits per heavy atom. The number of nitriles is 1. The topological polar surface area (TPSA) is 36.7 Å². The fraction of sp³-hybridized carbons (Fsp3) is 0. The Bertz CT molecular complexity index is 756. The van der Waals surface area contributed by atoms with Gasteiger partial charge >= 0.3 is 0 Å². The van der Waals surface area contributed by atoms with Crippen molar-refractivity contribution in [2.45, 2.75) is 9.24 Å². The Hall–Kier alpha value is -1.35. The first kappa shape index (κ1) is 12.7. The quantitative estimate of drug-likeness (QED) is 0.648. The zero-order valence-electron chi connectivity index (χ0n) is 9.63. The van der Waals surface area contributed by atoms with Crippen molar-refractivity contribution in [1.29, 1.82) is 5.26 Å². The molecule has 0 aliphatic heterocycles. The molecule has 0 saturated heterocycles. The van der Waals surface area contributed by atoms with Gasteiger partial charge in [0, 0.05) is 9.37 Å². The number of benzene rings is 2. The molecule has 2 aromatic carbocycles. The smallest absolute Gasteiger partial charge is 0.155 e. The fourth-order valence-electron chi connectivity index (χ4n) is 1.67. The molecule has 0 unspecified atom stereocenters. The number of rotatable bonds is 2. The van der Waals surface area contributed by atoms with Crippen molar-refractivity contribution < 1.29 is 0 Å². The largest absolute Gasteiger partial charge is 0.229 e. The monoisotopic (exact) mass is 346 g/mol. The number of thiazole rings is 1. The van der Waals surface area contributed by atoms with Crippen LogP contribution in [0.25, 0.3) is 10.2 Å². The molecule has 0 saturated carbocycles. The number of halogens is 1. The van der Waals surface area contributed by atoms with Gasteiger partial charge in [0.2, 0.25) is 0 Å². The van der Waals surface area contributed by atoms with E-state index in [0.29, 0.717) is 5.56 Å². The molecule has 5 heteroatoms.